The van der Waals surface area contributed by atoms with Crippen molar-refractivity contribution in [2.45, 2.75) is 13.0 Å². The highest BCUT2D eigenvalue weighted by Crippen LogP contribution is 2.36. The second-order valence-electron chi connectivity index (χ2n) is 7.99. The number of aromatic nitrogens is 2. The monoisotopic (exact) mass is 497 g/mol. The minimum absolute atomic E-state index is 0.196. The van der Waals surface area contributed by atoms with Gasteiger partial charge in [0, 0.05) is 18.0 Å². The molecule has 0 aliphatic carbocycles. The molecule has 0 bridgehead atoms. The summed E-state index contributed by atoms with van der Waals surface area (Å²) >= 11 is 1.28. The van der Waals surface area contributed by atoms with Crippen LogP contribution in [0.3, 0.4) is 0 Å². The van der Waals surface area contributed by atoms with E-state index in [2.05, 4.69) is 4.98 Å². The van der Waals surface area contributed by atoms with Gasteiger partial charge in [0.25, 0.3) is 5.56 Å². The lowest BCUT2D eigenvalue weighted by atomic mass is 9.93. The van der Waals surface area contributed by atoms with Crippen molar-refractivity contribution >= 4 is 29.1 Å². The number of carbonyl (C=O) groups excluding carboxylic acids is 1. The molecule has 2 aromatic carbocycles. The molecule has 180 valence electrons. The maximum Gasteiger partial charge on any atom is 0.338 e. The lowest BCUT2D eigenvalue weighted by Crippen LogP contribution is -2.40. The zero-order valence-electron chi connectivity index (χ0n) is 19.8. The minimum atomic E-state index is -0.745. The summed E-state index contributed by atoms with van der Waals surface area (Å²) in [4.78, 5) is 36.6. The van der Waals surface area contributed by atoms with E-state index in [1.165, 1.54) is 11.3 Å². The van der Waals surface area contributed by atoms with Crippen molar-refractivity contribution < 1.29 is 14.3 Å². The number of hydrogen-bond acceptors (Lipinski definition) is 7. The molecule has 0 saturated heterocycles. The predicted molar refractivity (Wildman–Crippen MR) is 138 cm³/mol. The van der Waals surface area contributed by atoms with E-state index in [4.69, 9.17) is 14.5 Å². The van der Waals surface area contributed by atoms with Crippen molar-refractivity contribution in [3.8, 4) is 5.75 Å². The average molecular weight is 498 g/mol. The fraction of sp³-hybridized carbons (Fsp3) is 0.143. The van der Waals surface area contributed by atoms with Crippen LogP contribution in [-0.2, 0) is 9.53 Å². The van der Waals surface area contributed by atoms with Gasteiger partial charge < -0.3 is 9.47 Å². The first-order valence-electron chi connectivity index (χ1n) is 11.4. The Balaban J connectivity index is 1.85. The third-order valence-electron chi connectivity index (χ3n) is 5.79. The van der Waals surface area contributed by atoms with Gasteiger partial charge in [0.05, 0.1) is 35.6 Å². The molecule has 0 unspecified atom stereocenters. The Morgan fingerprint density at radius 3 is 2.58 bits per heavy atom. The number of nitrogens with zero attached hydrogens (tertiary/aromatic N) is 3. The normalized spacial score (nSPS) is 15.3. The third kappa shape index (κ3) is 4.38. The SMILES string of the molecule is CCOC(=O)C1=C(c2ccccc2)N=c2sc(=Cc3ccncc3)c(=O)n2[C@@H]1c1cccc(OC)c1. The number of esters is 1. The molecule has 0 N–H and O–H groups in total. The topological polar surface area (TPSA) is 82.8 Å². The number of hydrogen-bond donors (Lipinski definition) is 0. The highest BCUT2D eigenvalue weighted by Gasteiger charge is 2.35. The maximum atomic E-state index is 13.8. The molecule has 0 spiro atoms. The summed E-state index contributed by atoms with van der Waals surface area (Å²) in [7, 11) is 1.58. The average Bonchev–Trinajstić information content (AvgIpc) is 3.23. The molecule has 0 fully saturated rings. The second-order valence-corrected chi connectivity index (χ2v) is 9.00. The molecular formula is C28H23N3O4S. The van der Waals surface area contributed by atoms with Gasteiger partial charge in [0.15, 0.2) is 4.80 Å². The van der Waals surface area contributed by atoms with Crippen LogP contribution in [0.4, 0.5) is 0 Å². The van der Waals surface area contributed by atoms with Gasteiger partial charge in [-0.3, -0.25) is 14.3 Å². The molecular weight excluding hydrogens is 474 g/mol. The fourth-order valence-corrected chi connectivity index (χ4v) is 5.18. The van der Waals surface area contributed by atoms with Crippen LogP contribution in [0, 0.1) is 0 Å². The predicted octanol–water partition coefficient (Wildman–Crippen LogP) is 3.34. The molecule has 2 aromatic heterocycles. The summed E-state index contributed by atoms with van der Waals surface area (Å²) in [6, 6.07) is 19.8. The highest BCUT2D eigenvalue weighted by atomic mass is 32.1. The fourth-order valence-electron chi connectivity index (χ4n) is 4.18. The summed E-state index contributed by atoms with van der Waals surface area (Å²) in [5.41, 5.74) is 2.88. The molecule has 0 radical (unpaired) electrons. The molecule has 5 rings (SSSR count). The Morgan fingerprint density at radius 1 is 1.08 bits per heavy atom. The first-order chi connectivity index (χ1) is 17.6. The minimum Gasteiger partial charge on any atom is -0.497 e. The molecule has 0 saturated carbocycles. The number of carbonyl (C=O) groups is 1. The number of rotatable bonds is 6. The van der Waals surface area contributed by atoms with Crippen LogP contribution < -0.4 is 19.6 Å². The van der Waals surface area contributed by atoms with Gasteiger partial charge in [-0.2, -0.15) is 0 Å². The molecule has 8 heteroatoms. The Morgan fingerprint density at radius 2 is 1.86 bits per heavy atom. The van der Waals surface area contributed by atoms with Gasteiger partial charge in [0.2, 0.25) is 0 Å². The number of benzene rings is 2. The van der Waals surface area contributed by atoms with E-state index in [-0.39, 0.29) is 12.2 Å². The van der Waals surface area contributed by atoms with Gasteiger partial charge in [-0.05, 0) is 48.4 Å². The van der Waals surface area contributed by atoms with Crippen LogP contribution >= 0.6 is 11.3 Å². The quantitative estimate of drug-likeness (QED) is 0.382. The lowest BCUT2D eigenvalue weighted by Gasteiger charge is -2.26. The van der Waals surface area contributed by atoms with E-state index < -0.39 is 12.0 Å². The number of pyridine rings is 1. The summed E-state index contributed by atoms with van der Waals surface area (Å²) in [6.07, 6.45) is 5.16. The van der Waals surface area contributed by atoms with Crippen molar-refractivity contribution in [1.29, 1.82) is 0 Å². The highest BCUT2D eigenvalue weighted by molar-refractivity contribution is 7.07. The maximum absolute atomic E-state index is 13.8. The number of ether oxygens (including phenoxy) is 2. The Hall–Kier alpha value is -4.30. The third-order valence-corrected chi connectivity index (χ3v) is 6.77. The molecule has 3 heterocycles. The smallest absolute Gasteiger partial charge is 0.338 e. The summed E-state index contributed by atoms with van der Waals surface area (Å²) in [5.74, 6) is 0.101. The van der Waals surface area contributed by atoms with Gasteiger partial charge >= 0.3 is 5.97 Å². The Bertz CT molecular complexity index is 1620. The van der Waals surface area contributed by atoms with Crippen LogP contribution in [-0.4, -0.2) is 29.2 Å². The van der Waals surface area contributed by atoms with Gasteiger partial charge in [-0.15, -0.1) is 0 Å². The van der Waals surface area contributed by atoms with Crippen molar-refractivity contribution in [2.75, 3.05) is 13.7 Å². The first kappa shape index (κ1) is 23.4. The largest absolute Gasteiger partial charge is 0.497 e. The van der Waals surface area contributed by atoms with E-state index >= 15 is 0 Å². The van der Waals surface area contributed by atoms with Crippen molar-refractivity contribution in [2.24, 2.45) is 4.99 Å². The van der Waals surface area contributed by atoms with E-state index in [1.807, 2.05) is 72.8 Å². The summed E-state index contributed by atoms with van der Waals surface area (Å²) in [6.45, 7) is 1.95. The number of thiazole rings is 1. The van der Waals surface area contributed by atoms with E-state index in [9.17, 15) is 9.59 Å². The second kappa shape index (κ2) is 10.1. The van der Waals surface area contributed by atoms with Crippen molar-refractivity contribution in [1.82, 2.24) is 9.55 Å². The van der Waals surface area contributed by atoms with Crippen LogP contribution in [0.5, 0.6) is 5.75 Å². The molecule has 1 atom stereocenters. The zero-order chi connectivity index (χ0) is 25.1. The molecule has 1 aliphatic rings. The molecule has 7 nitrogen and oxygen atoms in total. The Kier molecular flexibility index (Phi) is 6.60. The Labute approximate surface area is 211 Å². The van der Waals surface area contributed by atoms with Gasteiger partial charge in [-0.25, -0.2) is 9.79 Å². The van der Waals surface area contributed by atoms with Crippen LogP contribution in [0.25, 0.3) is 11.8 Å². The van der Waals surface area contributed by atoms with E-state index in [1.54, 1.807) is 31.0 Å². The van der Waals surface area contributed by atoms with Crippen LogP contribution in [0.15, 0.2) is 94.5 Å². The summed E-state index contributed by atoms with van der Waals surface area (Å²) < 4.78 is 13.0. The standard InChI is InChI=1S/C28H23N3O4S/c1-3-35-27(33)23-24(19-8-5-4-6-9-19)30-28-31(25(23)20-10-7-11-21(17-20)34-2)26(32)22(36-28)16-18-12-14-29-15-13-18/h4-17,25H,3H2,1-2H3/t25-/m1/s1. The number of fused-ring (bicyclic) bond motifs is 1. The first-order valence-corrected chi connectivity index (χ1v) is 12.2. The lowest BCUT2D eigenvalue weighted by molar-refractivity contribution is -0.138. The van der Waals surface area contributed by atoms with Gasteiger partial charge in [0.1, 0.15) is 5.75 Å². The number of methoxy groups -OCH3 is 1. The summed E-state index contributed by atoms with van der Waals surface area (Å²) in [5, 5.41) is 0. The zero-order valence-corrected chi connectivity index (χ0v) is 20.6. The molecule has 1 aliphatic heterocycles. The van der Waals surface area contributed by atoms with Crippen LogP contribution in [0.2, 0.25) is 0 Å². The van der Waals surface area contributed by atoms with Crippen LogP contribution in [0.1, 0.15) is 29.7 Å². The molecule has 36 heavy (non-hydrogen) atoms. The van der Waals surface area contributed by atoms with E-state index in [0.717, 1.165) is 16.7 Å². The van der Waals surface area contributed by atoms with Crippen molar-refractivity contribution in [3.05, 3.63) is 121 Å². The molecule has 0 amide bonds. The van der Waals surface area contributed by atoms with E-state index in [0.29, 0.717) is 26.4 Å². The van der Waals surface area contributed by atoms with Crippen molar-refractivity contribution in [3.63, 3.8) is 0 Å². The van der Waals surface area contributed by atoms with Gasteiger partial charge in [-0.1, -0.05) is 53.8 Å². The molecule has 4 aromatic rings.